The molecule has 0 bridgehead atoms. The van der Waals surface area contributed by atoms with Crippen LogP contribution in [0.1, 0.15) is 25.3 Å². The van der Waals surface area contributed by atoms with Crippen LogP contribution in [0.2, 0.25) is 0 Å². The maximum Gasteiger partial charge on any atom is 0.314 e. The molecule has 0 aliphatic carbocycles. The Bertz CT molecular complexity index is 1180. The Labute approximate surface area is 171 Å². The van der Waals surface area contributed by atoms with E-state index in [1.807, 2.05) is 16.8 Å². The Morgan fingerprint density at radius 2 is 2.00 bits per heavy atom. The number of hydrogen-bond acceptors (Lipinski definition) is 6. The van der Waals surface area contributed by atoms with Gasteiger partial charge in [-0.3, -0.25) is 24.2 Å². The number of anilines is 1. The number of amides is 3. The molecule has 154 valence electrons. The van der Waals surface area contributed by atoms with Crippen LogP contribution < -0.4 is 10.6 Å². The number of aromatic amines is 1. The molecule has 0 radical (unpaired) electrons. The first-order valence-corrected chi connectivity index (χ1v) is 9.55. The highest BCUT2D eigenvalue weighted by atomic mass is 16.2. The molecule has 0 atom stereocenters. The van der Waals surface area contributed by atoms with Crippen LogP contribution in [0.15, 0.2) is 18.5 Å². The van der Waals surface area contributed by atoms with Gasteiger partial charge in [0, 0.05) is 37.9 Å². The molecule has 3 aromatic rings. The van der Waals surface area contributed by atoms with Crippen LogP contribution in [0.25, 0.3) is 21.9 Å². The summed E-state index contributed by atoms with van der Waals surface area (Å²) in [5.41, 5.74) is 1.41. The summed E-state index contributed by atoms with van der Waals surface area (Å²) in [7, 11) is 1.39. The third kappa shape index (κ3) is 3.32. The maximum atomic E-state index is 12.1. The van der Waals surface area contributed by atoms with Crippen molar-refractivity contribution >= 4 is 45.5 Å². The van der Waals surface area contributed by atoms with Crippen LogP contribution in [-0.4, -0.2) is 62.5 Å². The molecule has 3 amide bonds. The zero-order chi connectivity index (χ0) is 21.3. The summed E-state index contributed by atoms with van der Waals surface area (Å²) >= 11 is 0. The predicted octanol–water partition coefficient (Wildman–Crippen LogP) is 0.674. The SMILES string of the molecule is CNC(=O)C(=O)Nc1[nH]n(C2CCN(C(=O)CC#N)CC2)c2c1cnc1nccc12. The van der Waals surface area contributed by atoms with E-state index in [4.69, 9.17) is 5.26 Å². The van der Waals surface area contributed by atoms with E-state index < -0.39 is 11.8 Å². The van der Waals surface area contributed by atoms with Gasteiger partial charge in [0.1, 0.15) is 12.2 Å². The fourth-order valence-corrected chi connectivity index (χ4v) is 3.83. The summed E-state index contributed by atoms with van der Waals surface area (Å²) < 4.78 is 1.95. The Morgan fingerprint density at radius 3 is 2.70 bits per heavy atom. The minimum absolute atomic E-state index is 0.0322. The van der Waals surface area contributed by atoms with Crippen LogP contribution in [0.5, 0.6) is 0 Å². The van der Waals surface area contributed by atoms with Crippen molar-refractivity contribution in [1.82, 2.24) is 30.0 Å². The molecule has 4 heterocycles. The van der Waals surface area contributed by atoms with Crippen LogP contribution in [0.4, 0.5) is 5.82 Å². The molecule has 1 aliphatic rings. The number of carbonyl (C=O) groups excluding carboxylic acids is 3. The van der Waals surface area contributed by atoms with Crippen molar-refractivity contribution < 1.29 is 14.4 Å². The number of nitrogens with zero attached hydrogens (tertiary/aromatic N) is 5. The Hall–Kier alpha value is -3.94. The van der Waals surface area contributed by atoms with Gasteiger partial charge in [-0.25, -0.2) is 9.97 Å². The molecule has 4 rings (SSSR count). The van der Waals surface area contributed by atoms with Gasteiger partial charge in [-0.05, 0) is 18.9 Å². The van der Waals surface area contributed by atoms with E-state index in [1.54, 1.807) is 17.3 Å². The number of fused-ring (bicyclic) bond motifs is 3. The summed E-state index contributed by atoms with van der Waals surface area (Å²) in [5.74, 6) is -1.33. The molecule has 30 heavy (non-hydrogen) atoms. The molecule has 0 aromatic carbocycles. The highest BCUT2D eigenvalue weighted by molar-refractivity contribution is 6.40. The number of piperidine rings is 1. The average molecular weight is 408 g/mol. The molecule has 1 aliphatic heterocycles. The molecular weight excluding hydrogens is 388 g/mol. The van der Waals surface area contributed by atoms with Gasteiger partial charge in [0.15, 0.2) is 5.65 Å². The van der Waals surface area contributed by atoms with E-state index in [1.165, 1.54) is 7.05 Å². The third-order valence-electron chi connectivity index (χ3n) is 5.33. The van der Waals surface area contributed by atoms with Gasteiger partial charge in [-0.1, -0.05) is 0 Å². The molecule has 0 saturated carbocycles. The zero-order valence-corrected chi connectivity index (χ0v) is 16.3. The van der Waals surface area contributed by atoms with Crippen molar-refractivity contribution in [1.29, 1.82) is 5.26 Å². The van der Waals surface area contributed by atoms with E-state index in [9.17, 15) is 14.4 Å². The highest BCUT2D eigenvalue weighted by Gasteiger charge is 2.27. The topological polar surface area (TPSA) is 149 Å². The second-order valence-electron chi connectivity index (χ2n) is 7.04. The van der Waals surface area contributed by atoms with Gasteiger partial charge < -0.3 is 15.5 Å². The standard InChI is InChI=1S/C19H20N8O3/c1-21-18(29)19(30)24-17-13-10-23-16-12(3-7-22-16)15(13)27(25-17)11-4-8-26(9-5-11)14(28)2-6-20/h3,7,10-11,25H,2,4-5,8-9H2,1H3,(H,21,29)(H,24,30). The van der Waals surface area contributed by atoms with Gasteiger partial charge in [-0.15, -0.1) is 0 Å². The lowest BCUT2D eigenvalue weighted by Crippen LogP contribution is -2.39. The molecule has 0 unspecified atom stereocenters. The number of aromatic nitrogens is 4. The van der Waals surface area contributed by atoms with E-state index in [2.05, 4.69) is 25.7 Å². The number of nitrogens with one attached hydrogen (secondary N) is 3. The molecule has 1 fully saturated rings. The number of rotatable bonds is 3. The van der Waals surface area contributed by atoms with Crippen molar-refractivity contribution in [2.75, 3.05) is 25.5 Å². The number of nitriles is 1. The first-order valence-electron chi connectivity index (χ1n) is 9.55. The lowest BCUT2D eigenvalue weighted by atomic mass is 10.0. The van der Waals surface area contributed by atoms with Gasteiger partial charge >= 0.3 is 11.8 Å². The molecule has 3 N–H and O–H groups in total. The monoisotopic (exact) mass is 408 g/mol. The lowest BCUT2D eigenvalue weighted by Gasteiger charge is -2.32. The summed E-state index contributed by atoms with van der Waals surface area (Å²) in [4.78, 5) is 46.0. The molecule has 11 nitrogen and oxygen atoms in total. The second-order valence-corrected chi connectivity index (χ2v) is 7.04. The van der Waals surface area contributed by atoms with Crippen molar-refractivity contribution in [3.63, 3.8) is 0 Å². The second kappa shape index (κ2) is 7.82. The number of H-pyrrole nitrogens is 1. The molecular formula is C19H20N8O3. The van der Waals surface area contributed by atoms with Crippen LogP contribution >= 0.6 is 0 Å². The predicted molar refractivity (Wildman–Crippen MR) is 107 cm³/mol. The zero-order valence-electron chi connectivity index (χ0n) is 16.3. The number of likely N-dealkylation sites (N-methyl/N-ethyl adjacent to an activating group) is 1. The number of likely N-dealkylation sites (tertiary alicyclic amines) is 1. The van der Waals surface area contributed by atoms with Gasteiger partial charge in [0.25, 0.3) is 0 Å². The minimum atomic E-state index is -0.787. The summed E-state index contributed by atoms with van der Waals surface area (Å²) in [5, 5.41) is 18.3. The molecule has 1 saturated heterocycles. The normalized spacial score (nSPS) is 14.6. The Balaban J connectivity index is 1.70. The fourth-order valence-electron chi connectivity index (χ4n) is 3.83. The van der Waals surface area contributed by atoms with Crippen LogP contribution in [-0.2, 0) is 14.4 Å². The van der Waals surface area contributed by atoms with Crippen molar-refractivity contribution in [2.45, 2.75) is 25.3 Å². The third-order valence-corrected chi connectivity index (χ3v) is 5.33. The molecule has 11 heteroatoms. The minimum Gasteiger partial charge on any atom is -0.351 e. The largest absolute Gasteiger partial charge is 0.351 e. The van der Waals surface area contributed by atoms with Gasteiger partial charge in [0.05, 0.1) is 23.0 Å². The quantitative estimate of drug-likeness (QED) is 0.543. The fraction of sp³-hybridized carbons (Fsp3) is 0.368. The molecule has 0 spiro atoms. The van der Waals surface area contributed by atoms with Crippen LogP contribution in [0, 0.1) is 11.3 Å². The van der Waals surface area contributed by atoms with Crippen molar-refractivity contribution in [2.24, 2.45) is 0 Å². The van der Waals surface area contributed by atoms with E-state index >= 15 is 0 Å². The number of hydrogen-bond donors (Lipinski definition) is 3. The molecule has 3 aromatic heterocycles. The number of pyridine rings is 1. The average Bonchev–Trinajstić information content (AvgIpc) is 3.38. The Morgan fingerprint density at radius 1 is 1.23 bits per heavy atom. The van der Waals surface area contributed by atoms with E-state index in [0.717, 1.165) is 10.9 Å². The summed E-state index contributed by atoms with van der Waals surface area (Å²) in [6.45, 7) is 1.07. The van der Waals surface area contributed by atoms with E-state index in [-0.39, 0.29) is 18.4 Å². The summed E-state index contributed by atoms with van der Waals surface area (Å²) in [6.07, 6.45) is 4.52. The maximum absolute atomic E-state index is 12.1. The number of carbonyl (C=O) groups is 3. The van der Waals surface area contributed by atoms with Crippen molar-refractivity contribution in [3.05, 3.63) is 18.5 Å². The van der Waals surface area contributed by atoms with Crippen molar-refractivity contribution in [3.8, 4) is 6.07 Å². The highest BCUT2D eigenvalue weighted by Crippen LogP contribution is 2.34. The smallest absolute Gasteiger partial charge is 0.314 e. The van der Waals surface area contributed by atoms with Gasteiger partial charge in [-0.2, -0.15) is 5.26 Å². The lowest BCUT2D eigenvalue weighted by molar-refractivity contribution is -0.135. The van der Waals surface area contributed by atoms with Crippen LogP contribution in [0.3, 0.4) is 0 Å². The van der Waals surface area contributed by atoms with E-state index in [0.29, 0.717) is 42.8 Å². The first-order chi connectivity index (χ1) is 14.5. The summed E-state index contributed by atoms with van der Waals surface area (Å²) in [6, 6.07) is 3.78. The van der Waals surface area contributed by atoms with Gasteiger partial charge in [0.2, 0.25) is 5.91 Å². The first kappa shape index (κ1) is 19.4. The Kier molecular flexibility index (Phi) is 5.05.